The number of nitrogens with one attached hydrogen (secondary N) is 5. The van der Waals surface area contributed by atoms with Crippen molar-refractivity contribution in [1.82, 2.24) is 35.7 Å². The van der Waals surface area contributed by atoms with Crippen LogP contribution in [0, 0.1) is 0 Å². The van der Waals surface area contributed by atoms with Crippen LogP contribution in [-0.4, -0.2) is 15.3 Å². The van der Waals surface area contributed by atoms with Gasteiger partial charge in [-0.05, 0) is 81.2 Å². The lowest BCUT2D eigenvalue weighted by molar-refractivity contribution is 0.215. The molecule has 2 aromatic heterocycles. The van der Waals surface area contributed by atoms with Crippen molar-refractivity contribution in [2.75, 3.05) is 0 Å². The van der Waals surface area contributed by atoms with E-state index in [0.29, 0.717) is 0 Å². The fourth-order valence-electron chi connectivity index (χ4n) is 9.29. The first-order valence-electron chi connectivity index (χ1n) is 19.7. The molecule has 0 radical (unpaired) electrons. The molecule has 12 rings (SSSR count). The van der Waals surface area contributed by atoms with Gasteiger partial charge < -0.3 is 19.8 Å². The summed E-state index contributed by atoms with van der Waals surface area (Å²) < 4.78 is 4.82. The number of fused-ring (bicyclic) bond motifs is 8. The summed E-state index contributed by atoms with van der Waals surface area (Å²) >= 11 is 0. The second kappa shape index (κ2) is 12.8. The average Bonchev–Trinajstić information content (AvgIpc) is 3.98. The Bertz CT molecular complexity index is 3130. The molecule has 0 amide bonds. The van der Waals surface area contributed by atoms with Crippen LogP contribution in [0.4, 0.5) is 0 Å². The fourth-order valence-corrected chi connectivity index (χ4v) is 9.29. The van der Waals surface area contributed by atoms with Crippen LogP contribution in [0.5, 0.6) is 0 Å². The van der Waals surface area contributed by atoms with E-state index in [9.17, 15) is 0 Å². The van der Waals surface area contributed by atoms with Gasteiger partial charge in [0.05, 0.1) is 40.1 Å². The Labute approximate surface area is 329 Å². The highest BCUT2D eigenvalue weighted by Crippen LogP contribution is 2.40. The maximum atomic E-state index is 3.92. The Hall–Kier alpha value is -6.90. The lowest BCUT2D eigenvalue weighted by Gasteiger charge is -2.40. The Kier molecular flexibility index (Phi) is 7.28. The molecule has 10 aromatic rings. The lowest BCUT2D eigenvalue weighted by atomic mass is 10.0. The molecule has 1 fully saturated rings. The SMILES string of the molecule is C1=C(C2NC(c3ccc4ccccc4c3)NC(c3ccc4ccccc4c3)N2)NC(n2c3ccccc3c3cc4c5ccccc5n(-c5ccccc5)c4cc32)N1. The number of hydrogen-bond acceptors (Lipinski definition) is 5. The molecule has 274 valence electrons. The van der Waals surface area contributed by atoms with Gasteiger partial charge in [0.2, 0.25) is 0 Å². The molecular formula is C50H39N7. The van der Waals surface area contributed by atoms with Gasteiger partial charge in [-0.2, -0.15) is 0 Å². The molecule has 0 spiro atoms. The number of aromatic nitrogens is 2. The van der Waals surface area contributed by atoms with Gasteiger partial charge in [-0.15, -0.1) is 0 Å². The third-order valence-corrected chi connectivity index (χ3v) is 12.0. The van der Waals surface area contributed by atoms with Gasteiger partial charge in [-0.1, -0.05) is 127 Å². The predicted octanol–water partition coefficient (Wildman–Crippen LogP) is 10.2. The average molecular weight is 738 g/mol. The van der Waals surface area contributed by atoms with Crippen molar-refractivity contribution >= 4 is 65.2 Å². The Morgan fingerprint density at radius 2 is 0.930 bits per heavy atom. The molecule has 7 nitrogen and oxygen atoms in total. The van der Waals surface area contributed by atoms with Crippen molar-refractivity contribution in [2.24, 2.45) is 0 Å². The smallest absolute Gasteiger partial charge is 0.180 e. The molecule has 0 saturated carbocycles. The summed E-state index contributed by atoms with van der Waals surface area (Å²) in [5.74, 6) is 0. The molecule has 0 aliphatic carbocycles. The van der Waals surface area contributed by atoms with E-state index in [1.165, 1.54) is 70.8 Å². The third-order valence-electron chi connectivity index (χ3n) is 12.0. The summed E-state index contributed by atoms with van der Waals surface area (Å²) in [5, 5.41) is 29.3. The highest BCUT2D eigenvalue weighted by Gasteiger charge is 2.34. The number of nitrogens with zero attached hydrogens (tertiary/aromatic N) is 2. The van der Waals surface area contributed by atoms with Crippen LogP contribution in [0.25, 0.3) is 70.8 Å². The molecular weight excluding hydrogens is 699 g/mol. The van der Waals surface area contributed by atoms with Crippen molar-refractivity contribution in [3.8, 4) is 5.69 Å². The van der Waals surface area contributed by atoms with Crippen molar-refractivity contribution in [3.05, 3.63) is 199 Å². The highest BCUT2D eigenvalue weighted by atomic mass is 15.4. The molecule has 2 aliphatic heterocycles. The molecule has 8 aromatic carbocycles. The number of hydrogen-bond donors (Lipinski definition) is 5. The normalized spacial score (nSPS) is 19.8. The van der Waals surface area contributed by atoms with Gasteiger partial charge in [0, 0.05) is 33.4 Å². The standard InChI is InChI=1S/C50H39N7/c1-2-16-37(17-3-1)56-43-20-10-8-18-38(43)40-28-41-39-19-9-11-21-44(39)57(46(41)29-45(40)56)50-51-30-42(52-50)49-54-47(35-24-22-31-12-4-6-14-33(31)26-35)53-48(55-49)36-25-23-32-13-5-7-15-34(32)27-36/h1-30,47-55H. The van der Waals surface area contributed by atoms with Crippen LogP contribution >= 0.6 is 0 Å². The second-order valence-electron chi connectivity index (χ2n) is 15.3. The van der Waals surface area contributed by atoms with Gasteiger partial charge in [0.1, 0.15) is 6.17 Å². The minimum atomic E-state index is -0.217. The van der Waals surface area contributed by atoms with Crippen LogP contribution < -0.4 is 26.6 Å². The first-order valence-corrected chi connectivity index (χ1v) is 19.7. The maximum absolute atomic E-state index is 3.92. The molecule has 5 N–H and O–H groups in total. The second-order valence-corrected chi connectivity index (χ2v) is 15.3. The zero-order valence-electron chi connectivity index (χ0n) is 31.0. The summed E-state index contributed by atoms with van der Waals surface area (Å²) in [6, 6.07) is 63.6. The topological polar surface area (TPSA) is 70.0 Å². The van der Waals surface area contributed by atoms with Gasteiger partial charge >= 0.3 is 0 Å². The van der Waals surface area contributed by atoms with E-state index >= 15 is 0 Å². The minimum absolute atomic E-state index is 0.111. The molecule has 0 bridgehead atoms. The zero-order valence-corrected chi connectivity index (χ0v) is 31.0. The monoisotopic (exact) mass is 737 g/mol. The largest absolute Gasteiger partial charge is 0.353 e. The third kappa shape index (κ3) is 5.25. The molecule has 3 unspecified atom stereocenters. The van der Waals surface area contributed by atoms with Crippen LogP contribution in [0.2, 0.25) is 0 Å². The number of rotatable bonds is 5. The van der Waals surface area contributed by atoms with E-state index in [0.717, 1.165) is 16.9 Å². The highest BCUT2D eigenvalue weighted by molar-refractivity contribution is 6.18. The van der Waals surface area contributed by atoms with Crippen molar-refractivity contribution in [3.63, 3.8) is 0 Å². The van der Waals surface area contributed by atoms with Crippen molar-refractivity contribution in [2.45, 2.75) is 24.8 Å². The summed E-state index contributed by atoms with van der Waals surface area (Å²) in [7, 11) is 0. The predicted molar refractivity (Wildman–Crippen MR) is 234 cm³/mol. The summed E-state index contributed by atoms with van der Waals surface area (Å²) in [6.07, 6.45) is 1.51. The van der Waals surface area contributed by atoms with Gasteiger partial charge in [0.25, 0.3) is 0 Å². The molecule has 2 aliphatic rings. The van der Waals surface area contributed by atoms with Crippen LogP contribution in [0.15, 0.2) is 188 Å². The van der Waals surface area contributed by atoms with E-state index in [1.54, 1.807) is 0 Å². The fraction of sp³-hybridized carbons (Fsp3) is 0.0800. The first-order chi connectivity index (χ1) is 28.2. The Morgan fingerprint density at radius 3 is 1.61 bits per heavy atom. The van der Waals surface area contributed by atoms with E-state index in [4.69, 9.17) is 0 Å². The first kappa shape index (κ1) is 32.4. The zero-order chi connectivity index (χ0) is 37.5. The molecule has 7 heteroatoms. The van der Waals surface area contributed by atoms with E-state index in [-0.39, 0.29) is 24.8 Å². The van der Waals surface area contributed by atoms with Gasteiger partial charge in [-0.25, -0.2) is 0 Å². The van der Waals surface area contributed by atoms with E-state index in [2.05, 4.69) is 218 Å². The van der Waals surface area contributed by atoms with Crippen LogP contribution in [0.3, 0.4) is 0 Å². The molecule has 3 atom stereocenters. The molecule has 1 saturated heterocycles. The lowest BCUT2D eigenvalue weighted by Crippen LogP contribution is -2.60. The number of benzene rings is 8. The van der Waals surface area contributed by atoms with E-state index in [1.807, 2.05) is 0 Å². The Balaban J connectivity index is 0.948. The van der Waals surface area contributed by atoms with Crippen LogP contribution in [0.1, 0.15) is 29.7 Å². The Morgan fingerprint density at radius 1 is 0.386 bits per heavy atom. The summed E-state index contributed by atoms with van der Waals surface area (Å²) in [5.41, 5.74) is 9.29. The number of para-hydroxylation sites is 3. The van der Waals surface area contributed by atoms with E-state index < -0.39 is 0 Å². The minimum Gasteiger partial charge on any atom is -0.353 e. The maximum Gasteiger partial charge on any atom is 0.180 e. The van der Waals surface area contributed by atoms with Gasteiger partial charge in [0.15, 0.2) is 6.29 Å². The molecule has 4 heterocycles. The quantitative estimate of drug-likeness (QED) is 0.122. The van der Waals surface area contributed by atoms with Gasteiger partial charge in [-0.3, -0.25) is 16.0 Å². The summed E-state index contributed by atoms with van der Waals surface area (Å²) in [4.78, 5) is 0. The van der Waals surface area contributed by atoms with Crippen molar-refractivity contribution in [1.29, 1.82) is 0 Å². The van der Waals surface area contributed by atoms with Crippen molar-refractivity contribution < 1.29 is 0 Å². The molecule has 57 heavy (non-hydrogen) atoms. The van der Waals surface area contributed by atoms with Crippen LogP contribution in [-0.2, 0) is 0 Å². The summed E-state index contributed by atoms with van der Waals surface area (Å²) in [6.45, 7) is 0.